The minimum absolute atomic E-state index is 0.0229. The average molecular weight is 375 g/mol. The lowest BCUT2D eigenvalue weighted by Crippen LogP contribution is -2.33. The van der Waals surface area contributed by atoms with Crippen LogP contribution in [-0.4, -0.2) is 28.5 Å². The molecule has 1 fully saturated rings. The number of anilines is 1. The molecule has 0 spiro atoms. The lowest BCUT2D eigenvalue weighted by atomic mass is 10.1. The molecule has 2 aromatic carbocycles. The Labute approximate surface area is 165 Å². The van der Waals surface area contributed by atoms with Gasteiger partial charge in [0.2, 0.25) is 5.91 Å². The fraction of sp³-hybridized carbons (Fsp3) is 0.261. The van der Waals surface area contributed by atoms with E-state index in [1.807, 2.05) is 54.6 Å². The van der Waals surface area contributed by atoms with Crippen molar-refractivity contribution in [3.63, 3.8) is 0 Å². The lowest BCUT2D eigenvalue weighted by Gasteiger charge is -2.24. The second kappa shape index (κ2) is 8.31. The first-order chi connectivity index (χ1) is 13.7. The van der Waals surface area contributed by atoms with E-state index in [4.69, 9.17) is 4.74 Å². The zero-order valence-corrected chi connectivity index (χ0v) is 16.0. The molecule has 1 aliphatic rings. The number of aryl methyl sites for hydroxylation is 1. The molecule has 5 heteroatoms. The van der Waals surface area contributed by atoms with Crippen LogP contribution in [0.4, 0.5) is 5.69 Å². The molecule has 0 bridgehead atoms. The minimum Gasteiger partial charge on any atom is -0.455 e. The first kappa shape index (κ1) is 18.3. The van der Waals surface area contributed by atoms with Crippen molar-refractivity contribution in [1.82, 2.24) is 9.47 Å². The Kier molecular flexibility index (Phi) is 5.44. The van der Waals surface area contributed by atoms with Gasteiger partial charge in [-0.15, -0.1) is 0 Å². The van der Waals surface area contributed by atoms with Gasteiger partial charge in [0.15, 0.2) is 5.75 Å². The van der Waals surface area contributed by atoms with Gasteiger partial charge in [-0.2, -0.15) is 0 Å². The first-order valence-electron chi connectivity index (χ1n) is 9.68. The van der Waals surface area contributed by atoms with Crippen molar-refractivity contribution < 1.29 is 9.53 Å². The maximum Gasteiger partial charge on any atom is 0.238 e. The number of likely N-dealkylation sites (tertiary alicyclic amines) is 1. The smallest absolute Gasteiger partial charge is 0.238 e. The molecule has 4 rings (SSSR count). The van der Waals surface area contributed by atoms with Crippen molar-refractivity contribution in [2.75, 3.05) is 18.4 Å². The van der Waals surface area contributed by atoms with E-state index in [0.29, 0.717) is 24.0 Å². The third-order valence-electron chi connectivity index (χ3n) is 5.17. The Morgan fingerprint density at radius 1 is 1.07 bits per heavy atom. The van der Waals surface area contributed by atoms with E-state index >= 15 is 0 Å². The summed E-state index contributed by atoms with van der Waals surface area (Å²) in [4.78, 5) is 15.0. The fourth-order valence-electron chi connectivity index (χ4n) is 3.82. The number of amides is 1. The average Bonchev–Trinajstić information content (AvgIpc) is 3.32. The van der Waals surface area contributed by atoms with E-state index in [0.717, 1.165) is 25.1 Å². The van der Waals surface area contributed by atoms with Crippen molar-refractivity contribution in [1.29, 1.82) is 0 Å². The first-order valence-corrected chi connectivity index (χ1v) is 9.68. The van der Waals surface area contributed by atoms with E-state index in [-0.39, 0.29) is 5.91 Å². The van der Waals surface area contributed by atoms with Crippen LogP contribution in [0.1, 0.15) is 24.6 Å². The summed E-state index contributed by atoms with van der Waals surface area (Å²) < 4.78 is 8.09. The summed E-state index contributed by atoms with van der Waals surface area (Å²) in [5, 5.41) is 3.03. The number of nitrogens with one attached hydrogen (secondary N) is 1. The molecule has 28 heavy (non-hydrogen) atoms. The van der Waals surface area contributed by atoms with Gasteiger partial charge in [-0.1, -0.05) is 30.3 Å². The Morgan fingerprint density at radius 2 is 1.86 bits per heavy atom. The number of carbonyl (C=O) groups is 1. The van der Waals surface area contributed by atoms with Gasteiger partial charge in [-0.3, -0.25) is 9.69 Å². The third-order valence-corrected chi connectivity index (χ3v) is 5.17. The summed E-state index contributed by atoms with van der Waals surface area (Å²) in [6.07, 6.45) is 4.25. The van der Waals surface area contributed by atoms with Crippen LogP contribution >= 0.6 is 0 Å². The van der Waals surface area contributed by atoms with E-state index in [9.17, 15) is 4.79 Å². The molecule has 1 saturated heterocycles. The SMILES string of the molecule is Cn1cccc1[C@@H]1CCCN1CC(=O)Nc1ccccc1Oc1ccccc1. The van der Waals surface area contributed by atoms with Gasteiger partial charge in [0, 0.05) is 18.9 Å². The van der Waals surface area contributed by atoms with E-state index in [2.05, 4.69) is 40.2 Å². The molecule has 1 atom stereocenters. The Balaban J connectivity index is 1.43. The van der Waals surface area contributed by atoms with Crippen LogP contribution in [-0.2, 0) is 11.8 Å². The molecule has 3 aromatic rings. The zero-order chi connectivity index (χ0) is 19.3. The number of ether oxygens (including phenoxy) is 1. The van der Waals surface area contributed by atoms with Crippen LogP contribution in [0.25, 0.3) is 0 Å². The number of para-hydroxylation sites is 3. The number of nitrogens with zero attached hydrogens (tertiary/aromatic N) is 2. The molecule has 144 valence electrons. The normalized spacial score (nSPS) is 16.8. The summed E-state index contributed by atoms with van der Waals surface area (Å²) in [6, 6.07) is 21.6. The van der Waals surface area contributed by atoms with Gasteiger partial charge in [0.1, 0.15) is 5.75 Å². The van der Waals surface area contributed by atoms with Crippen molar-refractivity contribution in [3.05, 3.63) is 78.6 Å². The highest BCUT2D eigenvalue weighted by Crippen LogP contribution is 2.32. The van der Waals surface area contributed by atoms with E-state index in [1.54, 1.807) is 0 Å². The summed E-state index contributed by atoms with van der Waals surface area (Å²) in [7, 11) is 2.06. The van der Waals surface area contributed by atoms with E-state index < -0.39 is 0 Å². The van der Waals surface area contributed by atoms with Crippen LogP contribution in [0.2, 0.25) is 0 Å². The summed E-state index contributed by atoms with van der Waals surface area (Å²) >= 11 is 0. The van der Waals surface area contributed by atoms with Gasteiger partial charge in [0.05, 0.1) is 18.3 Å². The molecular formula is C23H25N3O2. The van der Waals surface area contributed by atoms with Crippen molar-refractivity contribution >= 4 is 11.6 Å². The molecule has 5 nitrogen and oxygen atoms in total. The lowest BCUT2D eigenvalue weighted by molar-refractivity contribution is -0.117. The van der Waals surface area contributed by atoms with Crippen LogP contribution in [0.5, 0.6) is 11.5 Å². The number of carbonyl (C=O) groups excluding carboxylic acids is 1. The number of benzene rings is 2. The highest BCUT2D eigenvalue weighted by atomic mass is 16.5. The van der Waals surface area contributed by atoms with Crippen molar-refractivity contribution in [3.8, 4) is 11.5 Å². The highest BCUT2D eigenvalue weighted by molar-refractivity contribution is 5.93. The van der Waals surface area contributed by atoms with Crippen LogP contribution in [0.3, 0.4) is 0 Å². The molecule has 1 aliphatic heterocycles. The van der Waals surface area contributed by atoms with Gasteiger partial charge >= 0.3 is 0 Å². The largest absolute Gasteiger partial charge is 0.455 e. The van der Waals surface area contributed by atoms with Gasteiger partial charge in [-0.25, -0.2) is 0 Å². The van der Waals surface area contributed by atoms with Gasteiger partial charge in [0.25, 0.3) is 0 Å². The number of rotatable bonds is 6. The Morgan fingerprint density at radius 3 is 2.64 bits per heavy atom. The molecule has 1 aromatic heterocycles. The standard InChI is InChI=1S/C23H25N3O2/c1-25-15-7-12-20(25)21-13-8-16-26(21)17-23(27)24-19-11-5-6-14-22(19)28-18-9-3-2-4-10-18/h2-7,9-12,14-15,21H,8,13,16-17H2,1H3,(H,24,27)/t21-/m0/s1. The molecule has 0 saturated carbocycles. The van der Waals surface area contributed by atoms with Crippen molar-refractivity contribution in [2.24, 2.45) is 7.05 Å². The maximum absolute atomic E-state index is 12.8. The second-order valence-corrected chi connectivity index (χ2v) is 7.13. The van der Waals surface area contributed by atoms with Crippen molar-refractivity contribution in [2.45, 2.75) is 18.9 Å². The molecule has 2 heterocycles. The van der Waals surface area contributed by atoms with Gasteiger partial charge < -0.3 is 14.6 Å². The molecule has 1 amide bonds. The quantitative estimate of drug-likeness (QED) is 0.685. The Hall–Kier alpha value is -3.05. The number of hydrogen-bond acceptors (Lipinski definition) is 3. The Bertz CT molecular complexity index is 936. The highest BCUT2D eigenvalue weighted by Gasteiger charge is 2.29. The summed E-state index contributed by atoms with van der Waals surface area (Å²) in [5.41, 5.74) is 1.95. The zero-order valence-electron chi connectivity index (χ0n) is 16.0. The topological polar surface area (TPSA) is 46.5 Å². The summed E-state index contributed by atoms with van der Waals surface area (Å²) in [5.74, 6) is 1.36. The third kappa shape index (κ3) is 4.10. The summed E-state index contributed by atoms with van der Waals surface area (Å²) in [6.45, 7) is 1.31. The molecule has 1 N–H and O–H groups in total. The predicted molar refractivity (Wildman–Crippen MR) is 111 cm³/mol. The van der Waals surface area contributed by atoms with E-state index in [1.165, 1.54) is 5.69 Å². The van der Waals surface area contributed by atoms with Gasteiger partial charge in [-0.05, 0) is 55.8 Å². The minimum atomic E-state index is -0.0229. The monoisotopic (exact) mass is 375 g/mol. The molecule has 0 aliphatic carbocycles. The molecule has 0 unspecified atom stereocenters. The molecule has 0 radical (unpaired) electrons. The maximum atomic E-state index is 12.8. The fourth-order valence-corrected chi connectivity index (χ4v) is 3.82. The van der Waals surface area contributed by atoms with Crippen LogP contribution in [0.15, 0.2) is 72.9 Å². The van der Waals surface area contributed by atoms with Crippen LogP contribution < -0.4 is 10.1 Å². The molecular weight excluding hydrogens is 350 g/mol. The predicted octanol–water partition coefficient (Wildman–Crippen LogP) is 4.59. The number of hydrogen-bond donors (Lipinski definition) is 1. The second-order valence-electron chi connectivity index (χ2n) is 7.13. The van der Waals surface area contributed by atoms with Crippen LogP contribution in [0, 0.1) is 0 Å². The number of aromatic nitrogens is 1.